The highest BCUT2D eigenvalue weighted by Gasteiger charge is 2.57. The quantitative estimate of drug-likeness (QED) is 0.115. The Labute approximate surface area is 214 Å². The largest absolute Gasteiger partial charge is 0.694 e. The first-order chi connectivity index (χ1) is 16.4. The van der Waals surface area contributed by atoms with E-state index in [4.69, 9.17) is 26.3 Å². The van der Waals surface area contributed by atoms with Gasteiger partial charge in [-0.2, -0.15) is 0 Å². The average Bonchev–Trinajstić information content (AvgIpc) is 2.85. The van der Waals surface area contributed by atoms with Crippen LogP contribution in [0.3, 0.4) is 0 Å². The Balaban J connectivity index is 6.28. The lowest BCUT2D eigenvalue weighted by Gasteiger charge is -2.34. The van der Waals surface area contributed by atoms with Crippen LogP contribution in [0.5, 0.6) is 0 Å². The zero-order chi connectivity index (χ0) is 27.1. The Bertz CT molecular complexity index is 707. The van der Waals surface area contributed by atoms with Gasteiger partial charge in [-0.05, 0) is 66.5 Å². The molecule has 0 amide bonds. The molecule has 0 bridgehead atoms. The molecule has 0 atom stereocenters. The fraction of sp³-hybridized carbons (Fsp3) is 0.636. The van der Waals surface area contributed by atoms with E-state index in [9.17, 15) is 0 Å². The van der Waals surface area contributed by atoms with Crippen LogP contribution in [0.2, 0.25) is 13.1 Å². The summed E-state index contributed by atoms with van der Waals surface area (Å²) < 4.78 is 36.0. The molecule has 0 heterocycles. The lowest BCUT2D eigenvalue weighted by molar-refractivity contribution is 0.0898. The Kier molecular flexibility index (Phi) is 14.9. The van der Waals surface area contributed by atoms with Crippen molar-refractivity contribution in [3.8, 4) is 0 Å². The molecule has 200 valence electrons. The minimum atomic E-state index is -3.65. The predicted octanol–water partition coefficient (Wildman–Crippen LogP) is 6.26. The molecule has 0 rings (SSSR count). The molecule has 35 heavy (non-hydrogen) atoms. The van der Waals surface area contributed by atoms with Crippen molar-refractivity contribution >= 4 is 49.0 Å². The Morgan fingerprint density at radius 2 is 0.800 bits per heavy atom. The third kappa shape index (κ3) is 12.5. The Morgan fingerprint density at radius 3 is 0.971 bits per heavy atom. The van der Waals surface area contributed by atoms with Gasteiger partial charge in [-0.3, -0.25) is 0 Å². The standard InChI is InChI=1S/C22H44N4O6Si3/c1-13-19(7)23-27-34(17-5,28-24-20(8)14-2)31-33(11,12)32-35(18-6,29-25-21(9)15-3)30-26-22(10)16-4/h17-18H,5-6,13-16H2,1-4,7-12H3. The van der Waals surface area contributed by atoms with Crippen LogP contribution < -0.4 is 0 Å². The summed E-state index contributed by atoms with van der Waals surface area (Å²) in [7, 11) is -10.4. The van der Waals surface area contributed by atoms with Gasteiger partial charge in [-0.1, -0.05) is 40.9 Å². The van der Waals surface area contributed by atoms with Gasteiger partial charge in [0.05, 0.1) is 22.8 Å². The molecule has 0 aliphatic carbocycles. The minimum absolute atomic E-state index is 0.702. The maximum Gasteiger partial charge on any atom is 0.694 e. The zero-order valence-electron chi connectivity index (χ0n) is 23.1. The van der Waals surface area contributed by atoms with Crippen LogP contribution >= 0.6 is 0 Å². The second kappa shape index (κ2) is 15.8. The maximum absolute atomic E-state index is 6.40. The average molecular weight is 545 g/mol. The zero-order valence-corrected chi connectivity index (χ0v) is 26.1. The van der Waals surface area contributed by atoms with Gasteiger partial charge >= 0.3 is 26.2 Å². The van der Waals surface area contributed by atoms with Crippen molar-refractivity contribution in [1.82, 2.24) is 0 Å². The van der Waals surface area contributed by atoms with Crippen molar-refractivity contribution in [3.63, 3.8) is 0 Å². The lowest BCUT2D eigenvalue weighted by atomic mass is 10.3. The van der Waals surface area contributed by atoms with Gasteiger partial charge in [0, 0.05) is 11.4 Å². The van der Waals surface area contributed by atoms with Crippen LogP contribution in [0, 0.1) is 0 Å². The lowest BCUT2D eigenvalue weighted by Crippen LogP contribution is -2.58. The van der Waals surface area contributed by atoms with Gasteiger partial charge < -0.3 is 26.3 Å². The highest BCUT2D eigenvalue weighted by atomic mass is 28.5. The smallest absolute Gasteiger partial charge is 0.381 e. The van der Waals surface area contributed by atoms with Crippen LogP contribution in [0.1, 0.15) is 81.1 Å². The molecule has 0 aromatic rings. The van der Waals surface area contributed by atoms with E-state index in [0.717, 1.165) is 22.8 Å². The summed E-state index contributed by atoms with van der Waals surface area (Å²) >= 11 is 0. The number of rotatable bonds is 18. The van der Waals surface area contributed by atoms with E-state index in [1.54, 1.807) is 0 Å². The van der Waals surface area contributed by atoms with Crippen LogP contribution in [-0.4, -0.2) is 49.0 Å². The van der Waals surface area contributed by atoms with E-state index in [1.807, 2.05) is 68.5 Å². The fourth-order valence-electron chi connectivity index (χ4n) is 1.87. The number of hydrogen-bond acceptors (Lipinski definition) is 10. The second-order valence-electron chi connectivity index (χ2n) is 8.30. The van der Waals surface area contributed by atoms with Crippen molar-refractivity contribution in [2.24, 2.45) is 20.6 Å². The predicted molar refractivity (Wildman–Crippen MR) is 149 cm³/mol. The van der Waals surface area contributed by atoms with E-state index < -0.39 is 26.2 Å². The molecular formula is C22H44N4O6Si3. The van der Waals surface area contributed by atoms with Crippen molar-refractivity contribution in [3.05, 3.63) is 24.6 Å². The number of hydrogen-bond donors (Lipinski definition) is 0. The first-order valence-corrected chi connectivity index (χ1v) is 18.3. The molecule has 0 unspecified atom stereocenters. The third-order valence-corrected chi connectivity index (χ3v) is 13.2. The SMILES string of the molecule is C=C[Si](ON=C(C)CC)(ON=C(C)CC)O[Si](C)(C)O[Si](C=C)(ON=C(C)CC)ON=C(C)CC. The van der Waals surface area contributed by atoms with E-state index in [0.29, 0.717) is 25.7 Å². The van der Waals surface area contributed by atoms with E-state index in [-0.39, 0.29) is 0 Å². The summed E-state index contributed by atoms with van der Waals surface area (Å²) in [6, 6.07) is 0. The number of oxime groups is 4. The summed E-state index contributed by atoms with van der Waals surface area (Å²) in [4.78, 5) is 0. The van der Waals surface area contributed by atoms with Crippen LogP contribution in [0.15, 0.2) is 45.2 Å². The fourth-order valence-corrected chi connectivity index (χ4v) is 10.7. The first kappa shape index (κ1) is 32.9. The summed E-state index contributed by atoms with van der Waals surface area (Å²) in [5.41, 5.74) is 6.01. The molecule has 0 saturated heterocycles. The summed E-state index contributed by atoms with van der Waals surface area (Å²) in [5, 5.41) is 16.7. The molecule has 10 nitrogen and oxygen atoms in total. The van der Waals surface area contributed by atoms with Crippen molar-refractivity contribution in [1.29, 1.82) is 0 Å². The Morgan fingerprint density at radius 1 is 0.571 bits per heavy atom. The van der Waals surface area contributed by atoms with Crippen LogP contribution in [0.25, 0.3) is 0 Å². The molecule has 0 N–H and O–H groups in total. The molecule has 0 aliphatic heterocycles. The first-order valence-electron chi connectivity index (χ1n) is 11.9. The topological polar surface area (TPSA) is 105 Å². The molecule has 0 fully saturated rings. The summed E-state index contributed by atoms with van der Waals surface area (Å²) in [6.45, 7) is 26.7. The maximum atomic E-state index is 6.40. The third-order valence-electron chi connectivity index (χ3n) is 4.64. The highest BCUT2D eigenvalue weighted by molar-refractivity contribution is 6.85. The van der Waals surface area contributed by atoms with Gasteiger partial charge in [-0.25, -0.2) is 0 Å². The van der Waals surface area contributed by atoms with E-state index in [1.165, 1.54) is 11.4 Å². The van der Waals surface area contributed by atoms with Crippen molar-refractivity contribution < 1.29 is 26.3 Å². The molecule has 0 radical (unpaired) electrons. The minimum Gasteiger partial charge on any atom is -0.381 e. The molecule has 0 saturated carbocycles. The second-order valence-corrected chi connectivity index (χ2v) is 16.7. The summed E-state index contributed by atoms with van der Waals surface area (Å²) in [6.07, 6.45) is 2.81. The van der Waals surface area contributed by atoms with Gasteiger partial charge in [0.1, 0.15) is 0 Å². The molecule has 13 heteroatoms. The molecule has 0 aliphatic rings. The Hall–Kier alpha value is -2.07. The van der Waals surface area contributed by atoms with Gasteiger partial charge in [0.2, 0.25) is 0 Å². The monoisotopic (exact) mass is 544 g/mol. The molecule has 0 aromatic heterocycles. The van der Waals surface area contributed by atoms with Gasteiger partial charge in [-0.15, -0.1) is 20.6 Å². The van der Waals surface area contributed by atoms with Crippen molar-refractivity contribution in [2.45, 2.75) is 94.2 Å². The van der Waals surface area contributed by atoms with Gasteiger partial charge in [0.15, 0.2) is 0 Å². The molecule has 0 aromatic carbocycles. The molecular weight excluding hydrogens is 501 g/mol. The van der Waals surface area contributed by atoms with E-state index in [2.05, 4.69) is 33.8 Å². The number of nitrogens with zero attached hydrogens (tertiary/aromatic N) is 4. The van der Waals surface area contributed by atoms with Gasteiger partial charge in [0.25, 0.3) is 0 Å². The molecule has 0 spiro atoms. The summed E-state index contributed by atoms with van der Waals surface area (Å²) in [5.74, 6) is 0. The normalized spacial score (nSPS) is 17.2. The highest BCUT2D eigenvalue weighted by Crippen LogP contribution is 2.26. The van der Waals surface area contributed by atoms with Crippen molar-refractivity contribution in [2.75, 3.05) is 0 Å². The van der Waals surface area contributed by atoms with Crippen LogP contribution in [0.4, 0.5) is 0 Å². The van der Waals surface area contributed by atoms with Crippen LogP contribution in [-0.2, 0) is 26.3 Å². The van der Waals surface area contributed by atoms with E-state index >= 15 is 0 Å².